The lowest BCUT2D eigenvalue weighted by atomic mass is 10.2. The molecule has 0 aliphatic carbocycles. The summed E-state index contributed by atoms with van der Waals surface area (Å²) in [5.74, 6) is 1.45. The van der Waals surface area contributed by atoms with E-state index in [2.05, 4.69) is 34.8 Å². The van der Waals surface area contributed by atoms with Crippen molar-refractivity contribution < 1.29 is 4.74 Å². The number of nitrogens with zero attached hydrogens (tertiary/aromatic N) is 3. The number of aromatic nitrogens is 2. The zero-order valence-corrected chi connectivity index (χ0v) is 12.6. The van der Waals surface area contributed by atoms with Gasteiger partial charge in [-0.2, -0.15) is 4.98 Å². The molecule has 2 aromatic rings. The molecule has 0 amide bonds. The summed E-state index contributed by atoms with van der Waals surface area (Å²) in [7, 11) is 0. The van der Waals surface area contributed by atoms with Crippen LogP contribution in [-0.4, -0.2) is 36.3 Å². The maximum atomic E-state index is 6.06. The lowest BCUT2D eigenvalue weighted by Gasteiger charge is -2.28. The molecule has 3 heterocycles. The number of ether oxygens (including phenoxy) is 1. The predicted molar refractivity (Wildman–Crippen MR) is 79.5 cm³/mol. The Labute approximate surface area is 121 Å². The number of hydrogen-bond donors (Lipinski definition) is 0. The van der Waals surface area contributed by atoms with Gasteiger partial charge in [-0.1, -0.05) is 13.8 Å². The van der Waals surface area contributed by atoms with Crippen LogP contribution in [0.15, 0.2) is 6.07 Å². The van der Waals surface area contributed by atoms with E-state index in [1.807, 2.05) is 0 Å². The third-order valence-electron chi connectivity index (χ3n) is 3.23. The van der Waals surface area contributed by atoms with Gasteiger partial charge in [-0.05, 0) is 23.6 Å². The fraction of sp³-hybridized carbons (Fsp3) is 0.538. The Bertz CT molecular complexity index is 593. The van der Waals surface area contributed by atoms with Crippen LogP contribution < -0.4 is 4.90 Å². The molecular weight excluding hydrogens is 282 g/mol. The zero-order chi connectivity index (χ0) is 13.4. The minimum absolute atomic E-state index is 0.321. The highest BCUT2D eigenvalue weighted by molar-refractivity contribution is 7.19. The Morgan fingerprint density at radius 2 is 2.05 bits per heavy atom. The Hall–Kier alpha value is -0.910. The molecule has 3 rings (SSSR count). The number of morpholine rings is 1. The monoisotopic (exact) mass is 297 g/mol. The van der Waals surface area contributed by atoms with Crippen molar-refractivity contribution in [2.24, 2.45) is 0 Å². The average Bonchev–Trinajstić information content (AvgIpc) is 2.82. The fourth-order valence-electron chi connectivity index (χ4n) is 2.18. The number of anilines is 1. The van der Waals surface area contributed by atoms with E-state index in [-0.39, 0.29) is 0 Å². The van der Waals surface area contributed by atoms with E-state index in [1.165, 1.54) is 4.88 Å². The van der Waals surface area contributed by atoms with Crippen LogP contribution in [0.5, 0.6) is 0 Å². The molecule has 0 unspecified atom stereocenters. The maximum absolute atomic E-state index is 6.06. The molecule has 19 heavy (non-hydrogen) atoms. The molecule has 1 aliphatic heterocycles. The third kappa shape index (κ3) is 2.55. The molecule has 0 saturated carbocycles. The Balaban J connectivity index is 2.10. The summed E-state index contributed by atoms with van der Waals surface area (Å²) in [6, 6.07) is 2.13. The second-order valence-corrected chi connectivity index (χ2v) is 6.36. The van der Waals surface area contributed by atoms with Crippen LogP contribution in [0.3, 0.4) is 0 Å². The van der Waals surface area contributed by atoms with E-state index in [0.29, 0.717) is 11.2 Å². The molecule has 0 aromatic carbocycles. The summed E-state index contributed by atoms with van der Waals surface area (Å²) in [6.45, 7) is 7.58. The number of thiophene rings is 1. The first-order valence-corrected chi connectivity index (χ1v) is 7.64. The normalized spacial score (nSPS) is 16.5. The Morgan fingerprint density at radius 1 is 1.32 bits per heavy atom. The summed E-state index contributed by atoms with van der Waals surface area (Å²) in [5, 5.41) is 0.321. The van der Waals surface area contributed by atoms with Crippen LogP contribution in [0.2, 0.25) is 5.28 Å². The Kier molecular flexibility index (Phi) is 3.60. The van der Waals surface area contributed by atoms with Gasteiger partial charge in [-0.25, -0.2) is 4.98 Å². The lowest BCUT2D eigenvalue weighted by Crippen LogP contribution is -2.36. The first-order valence-electron chi connectivity index (χ1n) is 6.45. The molecule has 1 saturated heterocycles. The highest BCUT2D eigenvalue weighted by Gasteiger charge is 2.19. The molecule has 6 heteroatoms. The molecule has 1 aliphatic rings. The van der Waals surface area contributed by atoms with Crippen LogP contribution in [0.25, 0.3) is 10.2 Å². The molecular formula is C13H16ClN3OS. The van der Waals surface area contributed by atoms with Gasteiger partial charge < -0.3 is 9.64 Å². The first kappa shape index (κ1) is 13.1. The van der Waals surface area contributed by atoms with Gasteiger partial charge in [0.25, 0.3) is 0 Å². The molecule has 102 valence electrons. The predicted octanol–water partition coefficient (Wildman–Crippen LogP) is 3.30. The van der Waals surface area contributed by atoms with Gasteiger partial charge in [0, 0.05) is 18.0 Å². The molecule has 4 nitrogen and oxygen atoms in total. The number of fused-ring (bicyclic) bond motifs is 1. The van der Waals surface area contributed by atoms with Gasteiger partial charge in [-0.3, -0.25) is 0 Å². The van der Waals surface area contributed by atoms with Crippen molar-refractivity contribution >= 4 is 39.0 Å². The number of hydrogen-bond acceptors (Lipinski definition) is 5. The minimum atomic E-state index is 0.321. The van der Waals surface area contributed by atoms with E-state index in [0.717, 1.165) is 42.3 Å². The van der Waals surface area contributed by atoms with E-state index >= 15 is 0 Å². The summed E-state index contributed by atoms with van der Waals surface area (Å²) in [6.07, 6.45) is 0. The van der Waals surface area contributed by atoms with Crippen molar-refractivity contribution in [1.29, 1.82) is 0 Å². The summed E-state index contributed by atoms with van der Waals surface area (Å²) < 4.78 is 6.53. The standard InChI is InChI=1S/C13H16ClN3OS/c1-8(2)10-7-9-11(19-10)12(16-13(14)15-9)17-3-5-18-6-4-17/h7-8H,3-6H2,1-2H3. The van der Waals surface area contributed by atoms with Gasteiger partial charge in [0.2, 0.25) is 5.28 Å². The second-order valence-electron chi connectivity index (χ2n) is 4.93. The van der Waals surface area contributed by atoms with E-state index in [9.17, 15) is 0 Å². The molecule has 0 radical (unpaired) electrons. The van der Waals surface area contributed by atoms with Gasteiger partial charge >= 0.3 is 0 Å². The van der Waals surface area contributed by atoms with E-state index in [1.54, 1.807) is 11.3 Å². The number of rotatable bonds is 2. The van der Waals surface area contributed by atoms with Crippen molar-refractivity contribution in [3.8, 4) is 0 Å². The Morgan fingerprint density at radius 3 is 2.74 bits per heavy atom. The largest absolute Gasteiger partial charge is 0.378 e. The van der Waals surface area contributed by atoms with Gasteiger partial charge in [-0.15, -0.1) is 11.3 Å². The number of halogens is 1. The van der Waals surface area contributed by atoms with Gasteiger partial charge in [0.1, 0.15) is 0 Å². The highest BCUT2D eigenvalue weighted by atomic mass is 35.5. The first-order chi connectivity index (χ1) is 9.15. The molecule has 0 bridgehead atoms. The van der Waals surface area contributed by atoms with Crippen LogP contribution >= 0.6 is 22.9 Å². The van der Waals surface area contributed by atoms with Crippen LogP contribution in [0.1, 0.15) is 24.6 Å². The van der Waals surface area contributed by atoms with Crippen LogP contribution in [0.4, 0.5) is 5.82 Å². The van der Waals surface area contributed by atoms with Crippen molar-refractivity contribution in [3.05, 3.63) is 16.2 Å². The fourth-order valence-corrected chi connectivity index (χ4v) is 3.47. The van der Waals surface area contributed by atoms with Crippen molar-refractivity contribution in [2.45, 2.75) is 19.8 Å². The molecule has 0 N–H and O–H groups in total. The highest BCUT2D eigenvalue weighted by Crippen LogP contribution is 2.36. The third-order valence-corrected chi connectivity index (χ3v) is 4.81. The average molecular weight is 298 g/mol. The van der Waals surface area contributed by atoms with Crippen LogP contribution in [-0.2, 0) is 4.74 Å². The minimum Gasteiger partial charge on any atom is -0.378 e. The molecule has 1 fully saturated rings. The van der Waals surface area contributed by atoms with E-state index < -0.39 is 0 Å². The van der Waals surface area contributed by atoms with Crippen molar-refractivity contribution in [3.63, 3.8) is 0 Å². The quantitative estimate of drug-likeness (QED) is 0.797. The second kappa shape index (κ2) is 5.23. The van der Waals surface area contributed by atoms with Crippen LogP contribution in [0, 0.1) is 0 Å². The van der Waals surface area contributed by atoms with E-state index in [4.69, 9.17) is 16.3 Å². The SMILES string of the molecule is CC(C)c1cc2nc(Cl)nc(N3CCOCC3)c2s1. The van der Waals surface area contributed by atoms with Crippen molar-refractivity contribution in [2.75, 3.05) is 31.2 Å². The van der Waals surface area contributed by atoms with Gasteiger partial charge in [0.05, 0.1) is 23.4 Å². The van der Waals surface area contributed by atoms with Gasteiger partial charge in [0.15, 0.2) is 5.82 Å². The lowest BCUT2D eigenvalue weighted by molar-refractivity contribution is 0.122. The summed E-state index contributed by atoms with van der Waals surface area (Å²) in [4.78, 5) is 12.3. The smallest absolute Gasteiger partial charge is 0.224 e. The molecule has 0 spiro atoms. The zero-order valence-electron chi connectivity index (χ0n) is 11.0. The van der Waals surface area contributed by atoms with Crippen molar-refractivity contribution in [1.82, 2.24) is 9.97 Å². The summed E-state index contributed by atoms with van der Waals surface area (Å²) >= 11 is 7.82. The molecule has 0 atom stereocenters. The molecule has 2 aromatic heterocycles. The maximum Gasteiger partial charge on any atom is 0.224 e. The topological polar surface area (TPSA) is 38.2 Å². The summed E-state index contributed by atoms with van der Waals surface area (Å²) in [5.41, 5.74) is 0.954.